The van der Waals surface area contributed by atoms with E-state index in [1.165, 1.54) is 43.2 Å². The summed E-state index contributed by atoms with van der Waals surface area (Å²) < 4.78 is 0. The van der Waals surface area contributed by atoms with E-state index in [2.05, 4.69) is 60.5 Å². The topological polar surface area (TPSA) is 53.6 Å². The Morgan fingerprint density at radius 1 is 1.04 bits per heavy atom. The summed E-state index contributed by atoms with van der Waals surface area (Å²) in [7, 11) is 4.16. The first-order valence-corrected chi connectivity index (χ1v) is 8.88. The van der Waals surface area contributed by atoms with Crippen LogP contribution in [0.2, 0.25) is 0 Å². The van der Waals surface area contributed by atoms with Gasteiger partial charge in [0.1, 0.15) is 0 Å². The van der Waals surface area contributed by atoms with Gasteiger partial charge in [-0.05, 0) is 31.6 Å². The second kappa shape index (κ2) is 11.9. The van der Waals surface area contributed by atoms with Crippen molar-refractivity contribution < 1.29 is 0 Å². The molecule has 4 nitrogen and oxygen atoms in total. The lowest BCUT2D eigenvalue weighted by molar-refractivity contribution is 0.401. The van der Waals surface area contributed by atoms with E-state index < -0.39 is 0 Å². The molecule has 0 atom stereocenters. The molecule has 0 amide bonds. The van der Waals surface area contributed by atoms with Crippen LogP contribution in [0.1, 0.15) is 56.6 Å². The molecule has 1 aromatic rings. The Bertz CT molecular complexity index is 454. The smallest absolute Gasteiger partial charge is 0.188 e. The quantitative estimate of drug-likeness (QED) is 0.373. The summed E-state index contributed by atoms with van der Waals surface area (Å²) >= 11 is 0. The van der Waals surface area contributed by atoms with Gasteiger partial charge in [0.15, 0.2) is 5.96 Å². The number of rotatable bonds is 11. The molecule has 1 rings (SSSR count). The summed E-state index contributed by atoms with van der Waals surface area (Å²) in [6, 6.07) is 8.42. The fourth-order valence-electron chi connectivity index (χ4n) is 2.55. The summed E-state index contributed by atoms with van der Waals surface area (Å²) in [5.74, 6) is 0.554. The SMILES string of the molecule is CCCCCCCCNC(N)=NCc1ccccc1CN(C)C. The van der Waals surface area contributed by atoms with Gasteiger partial charge in [-0.3, -0.25) is 0 Å². The van der Waals surface area contributed by atoms with E-state index in [0.717, 1.165) is 19.5 Å². The molecule has 0 aliphatic carbocycles. The zero-order chi connectivity index (χ0) is 16.9. The summed E-state index contributed by atoms with van der Waals surface area (Å²) in [5.41, 5.74) is 8.52. The molecule has 4 heteroatoms. The van der Waals surface area contributed by atoms with Crippen LogP contribution in [-0.2, 0) is 13.1 Å². The fourth-order valence-corrected chi connectivity index (χ4v) is 2.55. The van der Waals surface area contributed by atoms with E-state index in [-0.39, 0.29) is 0 Å². The number of nitrogens with two attached hydrogens (primary N) is 1. The van der Waals surface area contributed by atoms with Crippen LogP contribution in [0.5, 0.6) is 0 Å². The highest BCUT2D eigenvalue weighted by atomic mass is 15.1. The molecule has 0 bridgehead atoms. The highest BCUT2D eigenvalue weighted by Gasteiger charge is 2.02. The molecule has 0 heterocycles. The van der Waals surface area contributed by atoms with Crippen molar-refractivity contribution in [2.24, 2.45) is 10.7 Å². The summed E-state index contributed by atoms with van der Waals surface area (Å²) in [5, 5.41) is 3.22. The zero-order valence-corrected chi connectivity index (χ0v) is 15.1. The molecule has 0 spiro atoms. The van der Waals surface area contributed by atoms with Crippen LogP contribution in [0.25, 0.3) is 0 Å². The molecule has 3 N–H and O–H groups in total. The lowest BCUT2D eigenvalue weighted by atomic mass is 10.1. The molecule has 0 radical (unpaired) electrons. The fraction of sp³-hybridized carbons (Fsp3) is 0.632. The van der Waals surface area contributed by atoms with Gasteiger partial charge in [0, 0.05) is 13.1 Å². The Morgan fingerprint density at radius 3 is 2.39 bits per heavy atom. The van der Waals surface area contributed by atoms with Crippen molar-refractivity contribution in [3.8, 4) is 0 Å². The van der Waals surface area contributed by atoms with Gasteiger partial charge in [-0.15, -0.1) is 0 Å². The number of hydrogen-bond donors (Lipinski definition) is 2. The van der Waals surface area contributed by atoms with Crippen molar-refractivity contribution in [3.63, 3.8) is 0 Å². The maximum absolute atomic E-state index is 5.96. The zero-order valence-electron chi connectivity index (χ0n) is 15.1. The highest BCUT2D eigenvalue weighted by Crippen LogP contribution is 2.11. The molecule has 130 valence electrons. The predicted octanol–water partition coefficient (Wildman–Crippen LogP) is 3.51. The molecular weight excluding hydrogens is 284 g/mol. The van der Waals surface area contributed by atoms with Crippen molar-refractivity contribution >= 4 is 5.96 Å². The Kier molecular flexibility index (Phi) is 10.1. The number of guanidine groups is 1. The Balaban J connectivity index is 2.31. The Labute approximate surface area is 142 Å². The standard InChI is InChI=1S/C19H34N4/c1-4-5-6-7-8-11-14-21-19(20)22-15-17-12-9-10-13-18(17)16-23(2)3/h9-10,12-13H,4-8,11,14-16H2,1-3H3,(H3,20,21,22). The van der Waals surface area contributed by atoms with Gasteiger partial charge < -0.3 is 16.0 Å². The molecule has 23 heavy (non-hydrogen) atoms. The van der Waals surface area contributed by atoms with E-state index >= 15 is 0 Å². The third-order valence-electron chi connectivity index (χ3n) is 3.86. The molecule has 0 saturated carbocycles. The van der Waals surface area contributed by atoms with Gasteiger partial charge in [0.2, 0.25) is 0 Å². The molecule has 1 aromatic carbocycles. The number of nitrogens with zero attached hydrogens (tertiary/aromatic N) is 2. The second-order valence-corrected chi connectivity index (χ2v) is 6.40. The van der Waals surface area contributed by atoms with Crippen LogP contribution in [0.15, 0.2) is 29.3 Å². The van der Waals surface area contributed by atoms with Crippen molar-refractivity contribution in [2.45, 2.75) is 58.5 Å². The van der Waals surface area contributed by atoms with Crippen molar-refractivity contribution in [2.75, 3.05) is 20.6 Å². The molecule has 0 unspecified atom stereocenters. The summed E-state index contributed by atoms with van der Waals surface area (Å²) in [4.78, 5) is 6.64. The molecular formula is C19H34N4. The van der Waals surface area contributed by atoms with Crippen LogP contribution in [-0.4, -0.2) is 31.5 Å². The van der Waals surface area contributed by atoms with Crippen molar-refractivity contribution in [1.82, 2.24) is 10.2 Å². The average Bonchev–Trinajstić information content (AvgIpc) is 2.52. The first kappa shape index (κ1) is 19.5. The highest BCUT2D eigenvalue weighted by molar-refractivity contribution is 5.77. The lowest BCUT2D eigenvalue weighted by Gasteiger charge is -2.13. The maximum atomic E-state index is 5.96. The van der Waals surface area contributed by atoms with Crippen LogP contribution in [0.4, 0.5) is 0 Å². The van der Waals surface area contributed by atoms with E-state index in [9.17, 15) is 0 Å². The molecule has 0 saturated heterocycles. The first-order valence-electron chi connectivity index (χ1n) is 8.88. The van der Waals surface area contributed by atoms with E-state index in [4.69, 9.17) is 5.73 Å². The van der Waals surface area contributed by atoms with Crippen LogP contribution in [0.3, 0.4) is 0 Å². The second-order valence-electron chi connectivity index (χ2n) is 6.40. The number of benzene rings is 1. The molecule has 0 aromatic heterocycles. The average molecular weight is 319 g/mol. The Hall–Kier alpha value is -1.55. The van der Waals surface area contributed by atoms with E-state index in [1.807, 2.05) is 0 Å². The van der Waals surface area contributed by atoms with E-state index in [0.29, 0.717) is 12.5 Å². The van der Waals surface area contributed by atoms with Crippen LogP contribution >= 0.6 is 0 Å². The van der Waals surface area contributed by atoms with Crippen molar-refractivity contribution in [3.05, 3.63) is 35.4 Å². The monoisotopic (exact) mass is 318 g/mol. The number of hydrogen-bond acceptors (Lipinski definition) is 2. The third kappa shape index (κ3) is 9.24. The normalized spacial score (nSPS) is 11.9. The van der Waals surface area contributed by atoms with Gasteiger partial charge in [-0.2, -0.15) is 0 Å². The number of aliphatic imine (C=N–C) groups is 1. The molecule has 0 aliphatic heterocycles. The number of unbranched alkanes of at least 4 members (excludes halogenated alkanes) is 5. The summed E-state index contributed by atoms with van der Waals surface area (Å²) in [6.07, 6.45) is 7.76. The van der Waals surface area contributed by atoms with Gasteiger partial charge in [-0.1, -0.05) is 63.3 Å². The largest absolute Gasteiger partial charge is 0.370 e. The van der Waals surface area contributed by atoms with E-state index in [1.54, 1.807) is 0 Å². The van der Waals surface area contributed by atoms with Crippen LogP contribution < -0.4 is 11.1 Å². The molecule has 0 fully saturated rings. The maximum Gasteiger partial charge on any atom is 0.188 e. The minimum atomic E-state index is 0.554. The first-order chi connectivity index (χ1) is 11.1. The minimum absolute atomic E-state index is 0.554. The minimum Gasteiger partial charge on any atom is -0.370 e. The lowest BCUT2D eigenvalue weighted by Crippen LogP contribution is -2.32. The molecule has 0 aliphatic rings. The summed E-state index contributed by atoms with van der Waals surface area (Å²) in [6.45, 7) is 4.73. The predicted molar refractivity (Wildman–Crippen MR) is 101 cm³/mol. The number of nitrogens with one attached hydrogen (secondary N) is 1. The van der Waals surface area contributed by atoms with Crippen LogP contribution in [0, 0.1) is 0 Å². The van der Waals surface area contributed by atoms with Gasteiger partial charge in [-0.25, -0.2) is 4.99 Å². The van der Waals surface area contributed by atoms with Crippen molar-refractivity contribution in [1.29, 1.82) is 0 Å². The van der Waals surface area contributed by atoms with Gasteiger partial charge >= 0.3 is 0 Å². The third-order valence-corrected chi connectivity index (χ3v) is 3.86. The van der Waals surface area contributed by atoms with Gasteiger partial charge in [0.05, 0.1) is 6.54 Å². The Morgan fingerprint density at radius 2 is 1.70 bits per heavy atom. The van der Waals surface area contributed by atoms with Gasteiger partial charge in [0.25, 0.3) is 0 Å².